The van der Waals surface area contributed by atoms with Crippen LogP contribution in [0.15, 0.2) is 12.2 Å². The lowest BCUT2D eigenvalue weighted by Gasteiger charge is -2.32. The lowest BCUT2D eigenvalue weighted by Crippen LogP contribution is -2.34. The average Bonchev–Trinajstić information content (AvgIpc) is 2.18. The summed E-state index contributed by atoms with van der Waals surface area (Å²) in [6, 6.07) is 0.279. The molecule has 0 bridgehead atoms. The van der Waals surface area contributed by atoms with E-state index in [0.29, 0.717) is 5.92 Å². The Morgan fingerprint density at radius 3 is 2.40 bits per heavy atom. The van der Waals surface area contributed by atoms with Crippen LogP contribution in [0.25, 0.3) is 0 Å². The summed E-state index contributed by atoms with van der Waals surface area (Å²) in [5.41, 5.74) is 0. The van der Waals surface area contributed by atoms with Crippen molar-refractivity contribution in [1.82, 2.24) is 4.90 Å². The second-order valence-corrected chi connectivity index (χ2v) is 4.55. The maximum absolute atomic E-state index is 10.5. The number of likely N-dealkylation sites (N-methyl/N-ethyl adjacent to an activating group) is 1. The van der Waals surface area contributed by atoms with Gasteiger partial charge in [-0.3, -0.25) is 0 Å². The van der Waals surface area contributed by atoms with Crippen LogP contribution in [0.3, 0.4) is 0 Å². The van der Waals surface area contributed by atoms with Crippen molar-refractivity contribution >= 4 is 5.97 Å². The van der Waals surface area contributed by atoms with Crippen molar-refractivity contribution in [2.75, 3.05) is 14.1 Å². The lowest BCUT2D eigenvalue weighted by molar-refractivity contribution is -0.131. The van der Waals surface area contributed by atoms with Gasteiger partial charge < -0.3 is 10.0 Å². The van der Waals surface area contributed by atoms with E-state index >= 15 is 0 Å². The molecular weight excluding hydrogens is 190 g/mol. The maximum atomic E-state index is 10.5. The summed E-state index contributed by atoms with van der Waals surface area (Å²) in [6.07, 6.45) is 9.47. The van der Waals surface area contributed by atoms with E-state index in [9.17, 15) is 4.79 Å². The molecule has 0 amide bonds. The number of nitrogens with zero attached hydrogens (tertiary/aromatic N) is 1. The minimum atomic E-state index is -0.849. The SMILES string of the molecule is CN(C)C(/C=C/C(=O)O)C1CCCCC1. The van der Waals surface area contributed by atoms with Crippen LogP contribution in [0.2, 0.25) is 0 Å². The zero-order chi connectivity index (χ0) is 11.3. The first-order valence-electron chi connectivity index (χ1n) is 5.69. The van der Waals surface area contributed by atoms with Gasteiger partial charge in [0.15, 0.2) is 0 Å². The number of carbonyl (C=O) groups is 1. The Hall–Kier alpha value is -0.830. The summed E-state index contributed by atoms with van der Waals surface area (Å²) in [5.74, 6) is -0.220. The quantitative estimate of drug-likeness (QED) is 0.724. The number of aliphatic carboxylic acids is 1. The second kappa shape index (κ2) is 5.91. The Labute approximate surface area is 91.8 Å². The predicted octanol–water partition coefficient (Wildman–Crippen LogP) is 2.14. The van der Waals surface area contributed by atoms with Crippen molar-refractivity contribution in [3.8, 4) is 0 Å². The summed E-state index contributed by atoms with van der Waals surface area (Å²) >= 11 is 0. The molecule has 1 atom stereocenters. The zero-order valence-electron chi connectivity index (χ0n) is 9.65. The highest BCUT2D eigenvalue weighted by Crippen LogP contribution is 2.28. The molecule has 0 radical (unpaired) electrons. The van der Waals surface area contributed by atoms with Crippen LogP contribution in [-0.2, 0) is 4.79 Å². The van der Waals surface area contributed by atoms with Crippen molar-refractivity contribution in [3.05, 3.63) is 12.2 Å². The first kappa shape index (κ1) is 12.2. The van der Waals surface area contributed by atoms with E-state index in [1.54, 1.807) is 0 Å². The lowest BCUT2D eigenvalue weighted by atomic mass is 9.83. The molecule has 0 aromatic carbocycles. The fourth-order valence-corrected chi connectivity index (χ4v) is 2.41. The van der Waals surface area contributed by atoms with Crippen molar-refractivity contribution < 1.29 is 9.90 Å². The van der Waals surface area contributed by atoms with Crippen molar-refractivity contribution in [2.45, 2.75) is 38.1 Å². The fourth-order valence-electron chi connectivity index (χ4n) is 2.41. The highest BCUT2D eigenvalue weighted by Gasteiger charge is 2.23. The summed E-state index contributed by atoms with van der Waals surface area (Å²) < 4.78 is 0. The highest BCUT2D eigenvalue weighted by atomic mass is 16.4. The van der Waals surface area contributed by atoms with E-state index < -0.39 is 5.97 Å². The molecule has 0 saturated heterocycles. The Morgan fingerprint density at radius 2 is 1.93 bits per heavy atom. The zero-order valence-corrected chi connectivity index (χ0v) is 9.65. The highest BCUT2D eigenvalue weighted by molar-refractivity contribution is 5.79. The van der Waals surface area contributed by atoms with Crippen molar-refractivity contribution in [3.63, 3.8) is 0 Å². The van der Waals surface area contributed by atoms with E-state index in [2.05, 4.69) is 4.90 Å². The topological polar surface area (TPSA) is 40.5 Å². The Balaban J connectivity index is 2.59. The molecule has 1 saturated carbocycles. The van der Waals surface area contributed by atoms with Gasteiger partial charge in [0.2, 0.25) is 0 Å². The third-order valence-corrected chi connectivity index (χ3v) is 3.17. The first-order valence-corrected chi connectivity index (χ1v) is 5.69. The number of hydrogen-bond donors (Lipinski definition) is 1. The van der Waals surface area contributed by atoms with Gasteiger partial charge in [0.1, 0.15) is 0 Å². The number of carboxylic acids is 1. The molecule has 3 heteroatoms. The molecule has 0 aromatic heterocycles. The van der Waals surface area contributed by atoms with E-state index in [4.69, 9.17) is 5.11 Å². The third-order valence-electron chi connectivity index (χ3n) is 3.17. The van der Waals surface area contributed by atoms with Crippen LogP contribution in [0.1, 0.15) is 32.1 Å². The monoisotopic (exact) mass is 211 g/mol. The van der Waals surface area contributed by atoms with Gasteiger partial charge in [0.25, 0.3) is 0 Å². The molecule has 1 unspecified atom stereocenters. The number of rotatable bonds is 4. The van der Waals surface area contributed by atoms with E-state index in [1.807, 2.05) is 20.2 Å². The molecule has 0 aromatic rings. The van der Waals surface area contributed by atoms with E-state index in [0.717, 1.165) is 0 Å². The molecule has 1 N–H and O–H groups in total. The Morgan fingerprint density at radius 1 is 1.33 bits per heavy atom. The van der Waals surface area contributed by atoms with Crippen LogP contribution in [-0.4, -0.2) is 36.1 Å². The fraction of sp³-hybridized carbons (Fsp3) is 0.750. The van der Waals surface area contributed by atoms with Crippen molar-refractivity contribution in [1.29, 1.82) is 0 Å². The molecular formula is C12H21NO2. The molecule has 1 fully saturated rings. The third kappa shape index (κ3) is 4.04. The second-order valence-electron chi connectivity index (χ2n) is 4.55. The summed E-state index contributed by atoms with van der Waals surface area (Å²) in [7, 11) is 4.04. The molecule has 15 heavy (non-hydrogen) atoms. The van der Waals surface area contributed by atoms with Gasteiger partial charge >= 0.3 is 5.97 Å². The average molecular weight is 211 g/mol. The minimum Gasteiger partial charge on any atom is -0.478 e. The number of carboxylic acid groups (broad SMARTS) is 1. The molecule has 86 valence electrons. The summed E-state index contributed by atoms with van der Waals surface area (Å²) in [6.45, 7) is 0. The van der Waals surface area contributed by atoms with Gasteiger partial charge in [-0.15, -0.1) is 0 Å². The van der Waals surface area contributed by atoms with Gasteiger partial charge in [-0.2, -0.15) is 0 Å². The Bertz CT molecular complexity index is 230. The predicted molar refractivity (Wildman–Crippen MR) is 60.8 cm³/mol. The smallest absolute Gasteiger partial charge is 0.328 e. The van der Waals surface area contributed by atoms with E-state index in [1.165, 1.54) is 38.2 Å². The van der Waals surface area contributed by atoms with Crippen LogP contribution in [0, 0.1) is 5.92 Å². The van der Waals surface area contributed by atoms with E-state index in [-0.39, 0.29) is 6.04 Å². The van der Waals surface area contributed by atoms with Gasteiger partial charge in [-0.1, -0.05) is 25.3 Å². The van der Waals surface area contributed by atoms with Gasteiger partial charge in [-0.05, 0) is 32.9 Å². The molecule has 0 spiro atoms. The first-order chi connectivity index (χ1) is 7.11. The summed E-state index contributed by atoms with van der Waals surface area (Å²) in [4.78, 5) is 12.6. The molecule has 1 rings (SSSR count). The standard InChI is InChI=1S/C12H21NO2/c1-13(2)11(8-9-12(14)15)10-6-4-3-5-7-10/h8-11H,3-7H2,1-2H3,(H,14,15)/b9-8+. The molecule has 0 heterocycles. The van der Waals surface area contributed by atoms with Crippen LogP contribution < -0.4 is 0 Å². The largest absolute Gasteiger partial charge is 0.478 e. The van der Waals surface area contributed by atoms with Gasteiger partial charge in [0.05, 0.1) is 0 Å². The molecule has 3 nitrogen and oxygen atoms in total. The molecule has 1 aliphatic rings. The van der Waals surface area contributed by atoms with Crippen LogP contribution >= 0.6 is 0 Å². The van der Waals surface area contributed by atoms with Crippen LogP contribution in [0.5, 0.6) is 0 Å². The summed E-state index contributed by atoms with van der Waals surface area (Å²) in [5, 5.41) is 8.64. The molecule has 0 aliphatic heterocycles. The van der Waals surface area contributed by atoms with Crippen molar-refractivity contribution in [2.24, 2.45) is 5.92 Å². The molecule has 1 aliphatic carbocycles. The minimum absolute atomic E-state index is 0.279. The normalized spacial score (nSPS) is 21.0. The maximum Gasteiger partial charge on any atom is 0.328 e. The van der Waals surface area contributed by atoms with Crippen LogP contribution in [0.4, 0.5) is 0 Å². The Kier molecular flexibility index (Phi) is 4.82. The van der Waals surface area contributed by atoms with Gasteiger partial charge in [0, 0.05) is 12.1 Å². The van der Waals surface area contributed by atoms with Gasteiger partial charge in [-0.25, -0.2) is 4.79 Å². The number of hydrogen-bond acceptors (Lipinski definition) is 2.